The van der Waals surface area contributed by atoms with Crippen LogP contribution in [0, 0.1) is 5.41 Å². The van der Waals surface area contributed by atoms with E-state index in [0.717, 1.165) is 6.42 Å². The van der Waals surface area contributed by atoms with Gasteiger partial charge in [-0.3, -0.25) is 14.4 Å². The Morgan fingerprint density at radius 3 is 2.57 bits per heavy atom. The highest BCUT2D eigenvalue weighted by atomic mass is 16.6. The molecule has 0 aromatic rings. The molecule has 0 aliphatic heterocycles. The molecule has 0 saturated heterocycles. The second-order valence-corrected chi connectivity index (χ2v) is 6.80. The number of esters is 1. The summed E-state index contributed by atoms with van der Waals surface area (Å²) in [6.07, 6.45) is 8.56. The monoisotopic (exact) mass is 292 g/mol. The minimum absolute atomic E-state index is 0.102. The van der Waals surface area contributed by atoms with Gasteiger partial charge in [0, 0.05) is 6.42 Å². The Balaban J connectivity index is 2.30. The maximum Gasteiger partial charge on any atom is 0.314 e. The highest BCUT2D eigenvalue weighted by Crippen LogP contribution is 2.34. The van der Waals surface area contributed by atoms with Crippen molar-refractivity contribution >= 4 is 17.5 Å². The number of carbonyl (C=O) groups excluding carboxylic acids is 3. The van der Waals surface area contributed by atoms with Gasteiger partial charge in [-0.15, -0.1) is 0 Å². The lowest BCUT2D eigenvalue weighted by Gasteiger charge is -2.19. The van der Waals surface area contributed by atoms with Gasteiger partial charge in [0.1, 0.15) is 12.0 Å². The van der Waals surface area contributed by atoms with Crippen LogP contribution in [0.5, 0.6) is 0 Å². The van der Waals surface area contributed by atoms with Gasteiger partial charge in [0.15, 0.2) is 11.6 Å². The van der Waals surface area contributed by atoms with Crippen LogP contribution < -0.4 is 0 Å². The molecule has 0 aromatic carbocycles. The fourth-order valence-electron chi connectivity index (χ4n) is 2.19. The fraction of sp³-hybridized carbons (Fsp3) is 0.588. The Labute approximate surface area is 126 Å². The van der Waals surface area contributed by atoms with Crippen LogP contribution >= 0.6 is 0 Å². The Morgan fingerprint density at radius 2 is 2.05 bits per heavy atom. The van der Waals surface area contributed by atoms with Crippen molar-refractivity contribution in [1.82, 2.24) is 0 Å². The lowest BCUT2D eigenvalue weighted by atomic mass is 9.85. The minimum atomic E-state index is -0.572. The average molecular weight is 292 g/mol. The second kappa shape index (κ2) is 6.83. The zero-order valence-corrected chi connectivity index (χ0v) is 13.3. The number of ketones is 2. The topological polar surface area (TPSA) is 60.4 Å². The van der Waals surface area contributed by atoms with Crippen molar-refractivity contribution in [3.05, 3.63) is 24.3 Å². The summed E-state index contributed by atoms with van der Waals surface area (Å²) in [7, 11) is 0. The minimum Gasteiger partial charge on any atom is -0.460 e. The predicted octanol–water partition coefficient (Wildman–Crippen LogP) is 3.16. The first kappa shape index (κ1) is 17.3. The number of ether oxygens (including phenoxy) is 1. The molecular formula is C17H24O4. The first-order valence-electron chi connectivity index (χ1n) is 7.23. The molecule has 1 aliphatic carbocycles. The summed E-state index contributed by atoms with van der Waals surface area (Å²) in [5.41, 5.74) is -0.674. The molecule has 1 unspecified atom stereocenters. The largest absolute Gasteiger partial charge is 0.460 e. The molecule has 0 fully saturated rings. The van der Waals surface area contributed by atoms with E-state index in [4.69, 9.17) is 4.74 Å². The molecule has 116 valence electrons. The van der Waals surface area contributed by atoms with Crippen LogP contribution in [0.15, 0.2) is 24.3 Å². The van der Waals surface area contributed by atoms with Crippen molar-refractivity contribution in [3.8, 4) is 0 Å². The molecule has 0 saturated carbocycles. The third-order valence-electron chi connectivity index (χ3n) is 3.17. The van der Waals surface area contributed by atoms with Crippen molar-refractivity contribution in [3.63, 3.8) is 0 Å². The van der Waals surface area contributed by atoms with Crippen LogP contribution in [0.1, 0.15) is 53.4 Å². The van der Waals surface area contributed by atoms with Crippen molar-refractivity contribution in [1.29, 1.82) is 0 Å². The van der Waals surface area contributed by atoms with Crippen LogP contribution in [0.3, 0.4) is 0 Å². The average Bonchev–Trinajstić information content (AvgIpc) is 2.62. The van der Waals surface area contributed by atoms with Crippen molar-refractivity contribution in [2.75, 3.05) is 0 Å². The van der Waals surface area contributed by atoms with Crippen LogP contribution in [0.2, 0.25) is 0 Å². The summed E-state index contributed by atoms with van der Waals surface area (Å²) in [4.78, 5) is 34.3. The molecule has 1 rings (SSSR count). The first-order chi connectivity index (χ1) is 9.60. The molecular weight excluding hydrogens is 268 g/mol. The van der Waals surface area contributed by atoms with Crippen LogP contribution in [0.4, 0.5) is 0 Å². The molecule has 4 heteroatoms. The van der Waals surface area contributed by atoms with Crippen molar-refractivity contribution in [2.24, 2.45) is 5.41 Å². The number of carbonyl (C=O) groups is 3. The molecule has 0 heterocycles. The summed E-state index contributed by atoms with van der Waals surface area (Å²) < 4.78 is 5.08. The zero-order valence-electron chi connectivity index (χ0n) is 13.3. The van der Waals surface area contributed by atoms with Gasteiger partial charge >= 0.3 is 5.97 Å². The molecule has 4 nitrogen and oxygen atoms in total. The predicted molar refractivity (Wildman–Crippen MR) is 80.7 cm³/mol. The van der Waals surface area contributed by atoms with Crippen LogP contribution in [0.25, 0.3) is 0 Å². The molecule has 0 aromatic heterocycles. The Bertz CT molecular complexity index is 480. The smallest absolute Gasteiger partial charge is 0.314 e. The third-order valence-corrected chi connectivity index (χ3v) is 3.17. The maximum atomic E-state index is 11.6. The quantitative estimate of drug-likeness (QED) is 0.428. The van der Waals surface area contributed by atoms with Crippen molar-refractivity contribution < 1.29 is 19.1 Å². The van der Waals surface area contributed by atoms with Crippen molar-refractivity contribution in [2.45, 2.75) is 59.0 Å². The molecule has 1 aliphatic rings. The Kier molecular flexibility index (Phi) is 5.64. The zero-order chi connectivity index (χ0) is 16.1. The van der Waals surface area contributed by atoms with Crippen LogP contribution in [-0.2, 0) is 19.1 Å². The molecule has 0 bridgehead atoms. The fourth-order valence-corrected chi connectivity index (χ4v) is 2.19. The van der Waals surface area contributed by atoms with E-state index in [9.17, 15) is 14.4 Å². The summed E-state index contributed by atoms with van der Waals surface area (Å²) in [6.45, 7) is 7.33. The summed E-state index contributed by atoms with van der Waals surface area (Å²) in [5.74, 6) is -0.608. The second-order valence-electron chi connectivity index (χ2n) is 6.80. The molecule has 0 spiro atoms. The number of hydrogen-bond donors (Lipinski definition) is 0. The normalized spacial score (nSPS) is 22.0. The van der Waals surface area contributed by atoms with Gasteiger partial charge in [-0.1, -0.05) is 19.1 Å². The molecule has 1 atom stereocenters. The Hall–Kier alpha value is -1.71. The number of hydrogen-bond acceptors (Lipinski definition) is 4. The van der Waals surface area contributed by atoms with Gasteiger partial charge < -0.3 is 4.74 Å². The lowest BCUT2D eigenvalue weighted by molar-refractivity contribution is -0.155. The van der Waals surface area contributed by atoms with Gasteiger partial charge in [0.2, 0.25) is 0 Å². The van der Waals surface area contributed by atoms with E-state index in [1.807, 2.05) is 13.0 Å². The lowest BCUT2D eigenvalue weighted by Crippen LogP contribution is -2.25. The SMILES string of the molecule is CC1(CC/C=C/C(=O)CC(=O)OC(C)(C)C)C=CC(=O)C1. The molecule has 0 amide bonds. The van der Waals surface area contributed by atoms with E-state index < -0.39 is 11.6 Å². The standard InChI is InChI=1S/C17H24O4/c1-16(2,3)21-15(20)11-13(18)7-5-6-9-17(4)10-8-14(19)12-17/h5,7-8,10H,6,9,11-12H2,1-4H3/b7-5+. The summed E-state index contributed by atoms with van der Waals surface area (Å²) in [5, 5.41) is 0. The molecule has 21 heavy (non-hydrogen) atoms. The maximum absolute atomic E-state index is 11.6. The van der Waals surface area contributed by atoms with Gasteiger partial charge in [0.05, 0.1) is 0 Å². The summed E-state index contributed by atoms with van der Waals surface area (Å²) in [6, 6.07) is 0. The van der Waals surface area contributed by atoms with E-state index in [1.54, 1.807) is 32.9 Å². The van der Waals surface area contributed by atoms with Crippen LogP contribution in [-0.4, -0.2) is 23.1 Å². The highest BCUT2D eigenvalue weighted by molar-refractivity contribution is 6.01. The van der Waals surface area contributed by atoms with Gasteiger partial charge in [0.25, 0.3) is 0 Å². The Morgan fingerprint density at radius 1 is 1.38 bits per heavy atom. The number of allylic oxidation sites excluding steroid dienone is 4. The van der Waals surface area contributed by atoms with E-state index >= 15 is 0 Å². The number of rotatable bonds is 6. The molecule has 0 radical (unpaired) electrons. The van der Waals surface area contributed by atoms with E-state index in [1.165, 1.54) is 6.08 Å². The highest BCUT2D eigenvalue weighted by Gasteiger charge is 2.27. The van der Waals surface area contributed by atoms with E-state index in [-0.39, 0.29) is 23.4 Å². The van der Waals surface area contributed by atoms with E-state index in [0.29, 0.717) is 12.8 Å². The first-order valence-corrected chi connectivity index (χ1v) is 7.23. The van der Waals surface area contributed by atoms with Gasteiger partial charge in [-0.25, -0.2) is 0 Å². The van der Waals surface area contributed by atoms with E-state index in [2.05, 4.69) is 0 Å². The molecule has 0 N–H and O–H groups in total. The van der Waals surface area contributed by atoms with Gasteiger partial charge in [-0.2, -0.15) is 0 Å². The summed E-state index contributed by atoms with van der Waals surface area (Å²) >= 11 is 0. The third kappa shape index (κ3) is 7.02. The van der Waals surface area contributed by atoms with Gasteiger partial charge in [-0.05, 0) is 51.2 Å².